The Labute approximate surface area is 200 Å². The van der Waals surface area contributed by atoms with Crippen molar-refractivity contribution in [2.75, 3.05) is 4.72 Å². The first-order chi connectivity index (χ1) is 16.5. The van der Waals surface area contributed by atoms with Gasteiger partial charge in [-0.25, -0.2) is 8.42 Å². The Kier molecular flexibility index (Phi) is 6.53. The van der Waals surface area contributed by atoms with Crippen LogP contribution < -0.4 is 10.5 Å². The van der Waals surface area contributed by atoms with E-state index in [1.54, 1.807) is 30.3 Å². The molecule has 0 bridgehead atoms. The monoisotopic (exact) mass is 498 g/mol. The average Bonchev–Trinajstić information content (AvgIpc) is 2.82. The van der Waals surface area contributed by atoms with Gasteiger partial charge in [-0.3, -0.25) is 9.52 Å². The van der Waals surface area contributed by atoms with Crippen molar-refractivity contribution in [1.29, 1.82) is 0 Å². The second-order valence-corrected chi connectivity index (χ2v) is 9.68. The zero-order valence-electron chi connectivity index (χ0n) is 18.3. The Morgan fingerprint density at radius 2 is 1.49 bits per heavy atom. The Morgan fingerprint density at radius 1 is 0.829 bits per heavy atom. The number of anilines is 1. The summed E-state index contributed by atoms with van der Waals surface area (Å²) in [5.41, 5.74) is 7.14. The van der Waals surface area contributed by atoms with Gasteiger partial charge in [0.15, 0.2) is 0 Å². The van der Waals surface area contributed by atoms with E-state index in [0.717, 1.165) is 46.2 Å². The molecule has 35 heavy (non-hydrogen) atoms. The number of hydrogen-bond donors (Lipinski definition) is 2. The molecule has 0 aliphatic heterocycles. The third-order valence-corrected chi connectivity index (χ3v) is 7.07. The van der Waals surface area contributed by atoms with Crippen molar-refractivity contribution in [3.8, 4) is 0 Å². The molecule has 0 radical (unpaired) electrons. The summed E-state index contributed by atoms with van der Waals surface area (Å²) in [4.78, 5) is 11.7. The molecule has 0 heterocycles. The molecule has 0 atom stereocenters. The molecule has 0 fully saturated rings. The normalized spacial score (nSPS) is 12.0. The molecule has 0 unspecified atom stereocenters. The summed E-state index contributed by atoms with van der Waals surface area (Å²) in [6, 6.07) is 21.2. The molecular weight excluding hydrogens is 477 g/mol. The van der Waals surface area contributed by atoms with Crippen LogP contribution in [0.1, 0.15) is 27.0 Å². The highest BCUT2D eigenvalue weighted by atomic mass is 32.2. The van der Waals surface area contributed by atoms with Gasteiger partial charge < -0.3 is 5.73 Å². The molecule has 3 N–H and O–H groups in total. The van der Waals surface area contributed by atoms with Crippen molar-refractivity contribution in [3.05, 3.63) is 107 Å². The van der Waals surface area contributed by atoms with Crippen LogP contribution in [0.15, 0.2) is 89.8 Å². The fourth-order valence-electron chi connectivity index (χ4n) is 3.88. The number of carbonyl (C=O) groups is 1. The molecule has 0 saturated carbocycles. The number of benzene rings is 4. The van der Waals surface area contributed by atoms with E-state index in [9.17, 15) is 26.4 Å². The number of nitrogens with one attached hydrogen (secondary N) is 1. The average molecular weight is 499 g/mol. The van der Waals surface area contributed by atoms with E-state index in [1.165, 1.54) is 0 Å². The van der Waals surface area contributed by atoms with E-state index < -0.39 is 27.7 Å². The lowest BCUT2D eigenvalue weighted by Gasteiger charge is -2.12. The first kappa shape index (κ1) is 24.3. The minimum absolute atomic E-state index is 0.274. The topological polar surface area (TPSA) is 89.3 Å². The quantitative estimate of drug-likeness (QED) is 0.350. The van der Waals surface area contributed by atoms with Gasteiger partial charge in [0.1, 0.15) is 0 Å². The zero-order valence-corrected chi connectivity index (χ0v) is 19.2. The van der Waals surface area contributed by atoms with Crippen LogP contribution in [-0.4, -0.2) is 14.3 Å². The van der Waals surface area contributed by atoms with Crippen LogP contribution in [0.25, 0.3) is 10.8 Å². The number of nitrogens with two attached hydrogens (primary N) is 1. The Morgan fingerprint density at radius 3 is 2.11 bits per heavy atom. The van der Waals surface area contributed by atoms with Gasteiger partial charge in [-0.1, -0.05) is 42.5 Å². The fourth-order valence-corrected chi connectivity index (χ4v) is 4.94. The van der Waals surface area contributed by atoms with Gasteiger partial charge in [0.25, 0.3) is 10.0 Å². The van der Waals surface area contributed by atoms with Crippen LogP contribution in [0.2, 0.25) is 0 Å². The van der Waals surface area contributed by atoms with E-state index >= 15 is 0 Å². The maximum atomic E-state index is 12.7. The minimum atomic E-state index is -4.55. The van der Waals surface area contributed by atoms with Crippen LogP contribution in [0.5, 0.6) is 0 Å². The molecule has 4 rings (SSSR count). The lowest BCUT2D eigenvalue weighted by Crippen LogP contribution is -2.14. The van der Waals surface area contributed by atoms with Gasteiger partial charge in [0.05, 0.1) is 10.5 Å². The lowest BCUT2D eigenvalue weighted by molar-refractivity contribution is -0.137. The molecule has 9 heteroatoms. The number of amides is 1. The molecule has 0 aromatic heterocycles. The van der Waals surface area contributed by atoms with Crippen molar-refractivity contribution >= 4 is 32.4 Å². The highest BCUT2D eigenvalue weighted by molar-refractivity contribution is 7.92. The molecule has 1 amide bonds. The highest BCUT2D eigenvalue weighted by Crippen LogP contribution is 2.30. The second kappa shape index (κ2) is 9.42. The summed E-state index contributed by atoms with van der Waals surface area (Å²) >= 11 is 0. The van der Waals surface area contributed by atoms with E-state index in [4.69, 9.17) is 5.73 Å². The first-order valence-electron chi connectivity index (χ1n) is 10.6. The number of rotatable bonds is 7. The molecule has 0 aliphatic rings. The van der Waals surface area contributed by atoms with Crippen LogP contribution >= 0.6 is 0 Å². The molecule has 4 aromatic rings. The number of hydrogen-bond acceptors (Lipinski definition) is 3. The fraction of sp³-hybridized carbons (Fsp3) is 0.115. The van der Waals surface area contributed by atoms with Gasteiger partial charge in [0.2, 0.25) is 5.91 Å². The summed E-state index contributed by atoms with van der Waals surface area (Å²) in [5, 5.41) is 1.95. The van der Waals surface area contributed by atoms with Crippen molar-refractivity contribution in [2.24, 2.45) is 5.73 Å². The van der Waals surface area contributed by atoms with Crippen LogP contribution in [0.3, 0.4) is 0 Å². The third kappa shape index (κ3) is 5.46. The number of carbonyl (C=O) groups excluding carboxylic acids is 1. The van der Waals surface area contributed by atoms with Crippen LogP contribution in [0.4, 0.5) is 18.9 Å². The summed E-state index contributed by atoms with van der Waals surface area (Å²) < 4.78 is 65.6. The highest BCUT2D eigenvalue weighted by Gasteiger charge is 2.30. The van der Waals surface area contributed by atoms with Gasteiger partial charge in [-0.2, -0.15) is 13.2 Å². The number of alkyl halides is 3. The Bertz CT molecular complexity index is 1480. The van der Waals surface area contributed by atoms with E-state index in [-0.39, 0.29) is 10.6 Å². The third-order valence-electron chi connectivity index (χ3n) is 5.67. The van der Waals surface area contributed by atoms with Gasteiger partial charge >= 0.3 is 6.18 Å². The number of aryl methyl sites for hydroxylation is 2. The van der Waals surface area contributed by atoms with Crippen molar-refractivity contribution in [2.45, 2.75) is 23.9 Å². The number of primary amides is 1. The van der Waals surface area contributed by atoms with Crippen molar-refractivity contribution in [3.63, 3.8) is 0 Å². The van der Waals surface area contributed by atoms with Crippen LogP contribution in [0, 0.1) is 0 Å². The molecule has 4 aromatic carbocycles. The Hall–Kier alpha value is -3.85. The minimum Gasteiger partial charge on any atom is -0.366 e. The summed E-state index contributed by atoms with van der Waals surface area (Å²) in [6.45, 7) is 0. The van der Waals surface area contributed by atoms with Crippen molar-refractivity contribution in [1.82, 2.24) is 0 Å². The lowest BCUT2D eigenvalue weighted by atomic mass is 9.93. The van der Waals surface area contributed by atoms with Crippen molar-refractivity contribution < 1.29 is 26.4 Å². The number of halogens is 3. The molecule has 5 nitrogen and oxygen atoms in total. The predicted octanol–water partition coefficient (Wildman–Crippen LogP) is 5.54. The summed E-state index contributed by atoms with van der Waals surface area (Å²) in [5.74, 6) is -0.501. The summed E-state index contributed by atoms with van der Waals surface area (Å²) in [6.07, 6.45) is -3.41. The molecule has 0 spiro atoms. The smallest absolute Gasteiger partial charge is 0.366 e. The van der Waals surface area contributed by atoms with E-state index in [0.29, 0.717) is 18.4 Å². The molecular formula is C26H21F3N2O3S. The van der Waals surface area contributed by atoms with E-state index in [2.05, 4.69) is 4.72 Å². The molecule has 180 valence electrons. The largest absolute Gasteiger partial charge is 0.416 e. The van der Waals surface area contributed by atoms with Gasteiger partial charge in [-0.15, -0.1) is 0 Å². The number of fused-ring (bicyclic) bond motifs is 1. The molecule has 0 saturated heterocycles. The summed E-state index contributed by atoms with van der Waals surface area (Å²) in [7, 11) is -4.05. The SMILES string of the molecule is NC(=O)c1ccc2ccccc2c1CCc1ccc(NS(=O)(=O)c2ccc(C(F)(F)F)cc2)cc1. The maximum Gasteiger partial charge on any atom is 0.416 e. The second-order valence-electron chi connectivity index (χ2n) is 8.00. The van der Waals surface area contributed by atoms with Gasteiger partial charge in [-0.05, 0) is 77.2 Å². The Balaban J connectivity index is 1.48. The zero-order chi connectivity index (χ0) is 25.2. The molecule has 0 aliphatic carbocycles. The maximum absolute atomic E-state index is 12.7. The van der Waals surface area contributed by atoms with Gasteiger partial charge in [0, 0.05) is 11.3 Å². The predicted molar refractivity (Wildman–Crippen MR) is 129 cm³/mol. The first-order valence-corrected chi connectivity index (χ1v) is 12.1. The number of sulfonamides is 1. The van der Waals surface area contributed by atoms with E-state index in [1.807, 2.05) is 30.3 Å². The standard InChI is InChI=1S/C26H21F3N2O3S/c27-26(28,29)19-9-13-21(14-10-19)35(33,34)31-20-11-5-17(6-12-20)7-15-23-22-4-2-1-3-18(22)8-16-24(23)25(30)32/h1-6,8-14,16,31H,7,15H2,(H2,30,32). The van der Waals surface area contributed by atoms with Crippen LogP contribution in [-0.2, 0) is 29.0 Å².